The lowest BCUT2D eigenvalue weighted by atomic mass is 10.1. The highest BCUT2D eigenvalue weighted by Crippen LogP contribution is 2.30. The van der Waals surface area contributed by atoms with Gasteiger partial charge in [-0.15, -0.1) is 0 Å². The highest BCUT2D eigenvalue weighted by molar-refractivity contribution is 5.91. The van der Waals surface area contributed by atoms with Crippen LogP contribution in [-0.4, -0.2) is 23.1 Å². The van der Waals surface area contributed by atoms with Crippen molar-refractivity contribution in [3.63, 3.8) is 0 Å². The van der Waals surface area contributed by atoms with Crippen molar-refractivity contribution < 1.29 is 0 Å². The van der Waals surface area contributed by atoms with Gasteiger partial charge in [-0.1, -0.05) is 36.4 Å². The molecule has 3 nitrogen and oxygen atoms in total. The van der Waals surface area contributed by atoms with Gasteiger partial charge < -0.3 is 4.90 Å². The number of hydrogen-bond acceptors (Lipinski definition) is 3. The Labute approximate surface area is 124 Å². The summed E-state index contributed by atoms with van der Waals surface area (Å²) in [5, 5.41) is 1.13. The van der Waals surface area contributed by atoms with Gasteiger partial charge in [0.1, 0.15) is 5.82 Å². The Bertz CT molecular complexity index is 806. The molecule has 4 rings (SSSR count). The van der Waals surface area contributed by atoms with Crippen molar-refractivity contribution in [1.29, 1.82) is 0 Å². The van der Waals surface area contributed by atoms with E-state index < -0.39 is 0 Å². The highest BCUT2D eigenvalue weighted by Gasteiger charge is 2.20. The first-order chi connectivity index (χ1) is 10.3. The molecule has 1 aromatic heterocycles. The number of anilines is 1. The number of aryl methyl sites for hydroxylation is 1. The molecular weight excluding hydrogens is 258 g/mol. The summed E-state index contributed by atoms with van der Waals surface area (Å²) in [4.78, 5) is 11.9. The van der Waals surface area contributed by atoms with Crippen molar-refractivity contribution in [3.8, 4) is 11.4 Å². The molecule has 1 saturated heterocycles. The molecule has 0 spiro atoms. The minimum atomic E-state index is 0.814. The maximum Gasteiger partial charge on any atom is 0.162 e. The highest BCUT2D eigenvalue weighted by atomic mass is 15.2. The second-order valence-electron chi connectivity index (χ2n) is 5.40. The molecule has 3 aromatic rings. The first-order valence-corrected chi connectivity index (χ1v) is 7.22. The molecular formula is C18H16N3. The van der Waals surface area contributed by atoms with Gasteiger partial charge in [-0.05, 0) is 24.6 Å². The minimum Gasteiger partial charge on any atom is -0.355 e. The van der Waals surface area contributed by atoms with E-state index in [2.05, 4.69) is 42.5 Å². The van der Waals surface area contributed by atoms with E-state index in [-0.39, 0.29) is 0 Å². The van der Waals surface area contributed by atoms with E-state index in [4.69, 9.17) is 9.97 Å². The van der Waals surface area contributed by atoms with Crippen molar-refractivity contribution in [3.05, 3.63) is 60.5 Å². The summed E-state index contributed by atoms with van der Waals surface area (Å²) in [6.07, 6.45) is 2.25. The van der Waals surface area contributed by atoms with Crippen LogP contribution in [0.2, 0.25) is 0 Å². The first kappa shape index (κ1) is 12.3. The third-order valence-corrected chi connectivity index (χ3v) is 3.97. The summed E-state index contributed by atoms with van der Waals surface area (Å²) in [6, 6.07) is 16.5. The Morgan fingerprint density at radius 2 is 1.67 bits per heavy atom. The van der Waals surface area contributed by atoms with Crippen LogP contribution in [0.25, 0.3) is 22.3 Å². The second-order valence-corrected chi connectivity index (χ2v) is 5.40. The van der Waals surface area contributed by atoms with E-state index in [0.717, 1.165) is 41.2 Å². The monoisotopic (exact) mass is 274 g/mol. The van der Waals surface area contributed by atoms with Gasteiger partial charge in [0.2, 0.25) is 0 Å². The van der Waals surface area contributed by atoms with Crippen LogP contribution in [0.15, 0.2) is 48.5 Å². The fourth-order valence-electron chi connectivity index (χ4n) is 2.68. The zero-order chi connectivity index (χ0) is 14.2. The Morgan fingerprint density at radius 1 is 0.905 bits per heavy atom. The molecule has 2 heterocycles. The number of nitrogens with zero attached hydrogens (tertiary/aromatic N) is 3. The number of hydrogen-bond donors (Lipinski definition) is 0. The number of benzene rings is 2. The van der Waals surface area contributed by atoms with Gasteiger partial charge in [-0.2, -0.15) is 0 Å². The summed E-state index contributed by atoms with van der Waals surface area (Å²) in [5.41, 5.74) is 3.32. The van der Waals surface area contributed by atoms with E-state index in [1.165, 1.54) is 5.56 Å². The second kappa shape index (κ2) is 4.85. The third-order valence-electron chi connectivity index (χ3n) is 3.97. The molecule has 21 heavy (non-hydrogen) atoms. The summed E-state index contributed by atoms with van der Waals surface area (Å²) in [6.45, 7) is 4.04. The molecule has 0 N–H and O–H groups in total. The molecule has 0 unspecified atom stereocenters. The Kier molecular flexibility index (Phi) is 2.85. The van der Waals surface area contributed by atoms with Gasteiger partial charge >= 0.3 is 0 Å². The van der Waals surface area contributed by atoms with Crippen LogP contribution in [0.3, 0.4) is 0 Å². The molecule has 0 saturated carbocycles. The Balaban J connectivity index is 1.96. The molecule has 0 atom stereocenters. The molecule has 1 fully saturated rings. The first-order valence-electron chi connectivity index (χ1n) is 7.22. The predicted octanol–water partition coefficient (Wildman–Crippen LogP) is 3.63. The molecule has 0 bridgehead atoms. The zero-order valence-corrected chi connectivity index (χ0v) is 12.0. The van der Waals surface area contributed by atoms with Crippen molar-refractivity contribution in [1.82, 2.24) is 9.97 Å². The van der Waals surface area contributed by atoms with Crippen molar-refractivity contribution >= 4 is 16.7 Å². The van der Waals surface area contributed by atoms with Crippen LogP contribution in [0, 0.1) is 13.3 Å². The van der Waals surface area contributed by atoms with E-state index in [1.807, 2.05) is 24.3 Å². The number of rotatable bonds is 2. The van der Waals surface area contributed by atoms with Crippen LogP contribution >= 0.6 is 0 Å². The summed E-state index contributed by atoms with van der Waals surface area (Å²) < 4.78 is 0. The van der Waals surface area contributed by atoms with Gasteiger partial charge in [0.15, 0.2) is 5.82 Å². The maximum atomic E-state index is 4.85. The largest absolute Gasteiger partial charge is 0.355 e. The SMILES string of the molecule is Cc1ccccc1-c1nc(N2C[CH]C2)c2ccccc2n1. The fraction of sp³-hybridized carbons (Fsp3) is 0.167. The predicted molar refractivity (Wildman–Crippen MR) is 86.2 cm³/mol. The molecule has 1 aliphatic heterocycles. The zero-order valence-electron chi connectivity index (χ0n) is 12.0. The maximum absolute atomic E-state index is 4.85. The van der Waals surface area contributed by atoms with E-state index >= 15 is 0 Å². The third kappa shape index (κ3) is 2.05. The van der Waals surface area contributed by atoms with Gasteiger partial charge in [0.05, 0.1) is 5.52 Å². The normalized spacial score (nSPS) is 14.2. The van der Waals surface area contributed by atoms with Crippen LogP contribution in [0.5, 0.6) is 0 Å². The fourth-order valence-corrected chi connectivity index (χ4v) is 2.68. The summed E-state index contributed by atoms with van der Waals surface area (Å²) >= 11 is 0. The molecule has 1 aliphatic rings. The van der Waals surface area contributed by atoms with Crippen molar-refractivity contribution in [2.75, 3.05) is 18.0 Å². The molecule has 2 aromatic carbocycles. The lowest BCUT2D eigenvalue weighted by molar-refractivity contribution is 0.752. The average molecular weight is 274 g/mol. The Morgan fingerprint density at radius 3 is 2.43 bits per heavy atom. The quantitative estimate of drug-likeness (QED) is 0.714. The van der Waals surface area contributed by atoms with Crippen molar-refractivity contribution in [2.24, 2.45) is 0 Å². The van der Waals surface area contributed by atoms with E-state index in [0.29, 0.717) is 0 Å². The number of fused-ring (bicyclic) bond motifs is 1. The van der Waals surface area contributed by atoms with Crippen LogP contribution in [0.1, 0.15) is 5.56 Å². The summed E-state index contributed by atoms with van der Waals surface area (Å²) in [5.74, 6) is 1.86. The van der Waals surface area contributed by atoms with Gasteiger partial charge in [-0.25, -0.2) is 9.97 Å². The van der Waals surface area contributed by atoms with E-state index in [9.17, 15) is 0 Å². The molecule has 1 radical (unpaired) electrons. The minimum absolute atomic E-state index is 0.814. The smallest absolute Gasteiger partial charge is 0.162 e. The van der Waals surface area contributed by atoms with Crippen LogP contribution < -0.4 is 4.90 Å². The van der Waals surface area contributed by atoms with Crippen molar-refractivity contribution in [2.45, 2.75) is 6.92 Å². The van der Waals surface area contributed by atoms with Gasteiger partial charge in [0, 0.05) is 30.5 Å². The van der Waals surface area contributed by atoms with Gasteiger partial charge in [0.25, 0.3) is 0 Å². The molecule has 0 aliphatic carbocycles. The molecule has 103 valence electrons. The molecule has 0 amide bonds. The topological polar surface area (TPSA) is 29.0 Å². The lowest BCUT2D eigenvalue weighted by Crippen LogP contribution is -2.38. The van der Waals surface area contributed by atoms with Crippen LogP contribution in [-0.2, 0) is 0 Å². The number of aromatic nitrogens is 2. The standard InChI is InChI=1S/C18H16N3/c1-13-7-2-3-8-14(13)17-19-16-10-5-4-9-15(16)18(20-17)21-11-6-12-21/h2-10H,11-12H2,1H3. The Hall–Kier alpha value is -2.42. The number of para-hydroxylation sites is 1. The lowest BCUT2D eigenvalue weighted by Gasteiger charge is -2.32. The van der Waals surface area contributed by atoms with Crippen LogP contribution in [0.4, 0.5) is 5.82 Å². The van der Waals surface area contributed by atoms with Gasteiger partial charge in [-0.3, -0.25) is 0 Å². The summed E-state index contributed by atoms with van der Waals surface area (Å²) in [7, 11) is 0. The molecule has 3 heteroatoms. The average Bonchev–Trinajstić information content (AvgIpc) is 2.46. The van der Waals surface area contributed by atoms with E-state index in [1.54, 1.807) is 0 Å².